The van der Waals surface area contributed by atoms with Crippen LogP contribution in [0.3, 0.4) is 0 Å². The van der Waals surface area contributed by atoms with Gasteiger partial charge in [0.25, 0.3) is 11.8 Å². The van der Waals surface area contributed by atoms with E-state index in [9.17, 15) is 9.59 Å². The van der Waals surface area contributed by atoms with Gasteiger partial charge in [-0.3, -0.25) is 9.59 Å². The first-order valence-corrected chi connectivity index (χ1v) is 11.7. The zero-order valence-electron chi connectivity index (χ0n) is 19.1. The number of hydrogen-bond donors (Lipinski definition) is 1. The molecule has 1 aromatic heterocycles. The predicted molar refractivity (Wildman–Crippen MR) is 122 cm³/mol. The number of pyridine rings is 1. The number of rotatable bonds is 4. The van der Waals surface area contributed by atoms with Gasteiger partial charge in [0.2, 0.25) is 11.7 Å². The Morgan fingerprint density at radius 2 is 2.12 bits per heavy atom. The first-order valence-electron chi connectivity index (χ1n) is 11.3. The molecule has 8 nitrogen and oxygen atoms in total. The highest BCUT2D eigenvalue weighted by Crippen LogP contribution is 2.43. The van der Waals surface area contributed by atoms with Crippen molar-refractivity contribution in [1.29, 1.82) is 0 Å². The van der Waals surface area contributed by atoms with Crippen LogP contribution in [0.1, 0.15) is 48.2 Å². The van der Waals surface area contributed by atoms with Gasteiger partial charge in [-0.25, -0.2) is 4.98 Å². The van der Waals surface area contributed by atoms with E-state index in [0.717, 1.165) is 5.56 Å². The van der Waals surface area contributed by atoms with Crippen LogP contribution in [0, 0.1) is 12.7 Å². The van der Waals surface area contributed by atoms with Gasteiger partial charge in [0.1, 0.15) is 24.0 Å². The number of nitrogens with one attached hydrogen (secondary N) is 1. The number of nitrogens with zero attached hydrogens (tertiary/aromatic N) is 2. The number of carbonyl (C=O) groups excluding carboxylic acids is 2. The van der Waals surface area contributed by atoms with Gasteiger partial charge in [0.15, 0.2) is 5.75 Å². The van der Waals surface area contributed by atoms with Crippen LogP contribution < -0.4 is 19.5 Å². The van der Waals surface area contributed by atoms with Gasteiger partial charge in [0, 0.05) is 19.0 Å². The third-order valence-electron chi connectivity index (χ3n) is 6.23. The van der Waals surface area contributed by atoms with E-state index < -0.39 is 11.9 Å². The van der Waals surface area contributed by atoms with E-state index in [1.165, 1.54) is 6.20 Å². The minimum absolute atomic E-state index is 0.114. The van der Waals surface area contributed by atoms with Crippen molar-refractivity contribution in [3.63, 3.8) is 0 Å². The molecule has 0 bridgehead atoms. The summed E-state index contributed by atoms with van der Waals surface area (Å²) in [6, 6.07) is 1.48. The third-order valence-corrected chi connectivity index (χ3v) is 6.70. The van der Waals surface area contributed by atoms with Crippen molar-refractivity contribution in [2.45, 2.75) is 58.3 Å². The van der Waals surface area contributed by atoms with Gasteiger partial charge >= 0.3 is 0 Å². The first-order chi connectivity index (χ1) is 16.2. The van der Waals surface area contributed by atoms with Gasteiger partial charge in [-0.2, -0.15) is 4.39 Å². The van der Waals surface area contributed by atoms with Crippen LogP contribution in [0.15, 0.2) is 12.3 Å². The number of aryl methyl sites for hydroxylation is 2. The van der Waals surface area contributed by atoms with Crippen molar-refractivity contribution in [2.75, 3.05) is 18.5 Å². The molecule has 2 amide bonds. The maximum Gasteiger partial charge on any atom is 0.261 e. The van der Waals surface area contributed by atoms with E-state index in [1.54, 1.807) is 11.0 Å². The van der Waals surface area contributed by atoms with Gasteiger partial charge in [-0.05, 0) is 44.4 Å². The monoisotopic (exact) mass is 489 g/mol. The fourth-order valence-corrected chi connectivity index (χ4v) is 4.81. The molecule has 0 saturated carbocycles. The SMILES string of the molecule is Cc1cc2c(c(OC(C)C)c1Cl)C(=O)N1C[C@@H](Oc3ncc4c(c3F)NC(=O)CC4)C[C@@H]1CO2. The lowest BCUT2D eigenvalue weighted by molar-refractivity contribution is -0.116. The number of halogens is 2. The quantitative estimate of drug-likeness (QED) is 0.700. The standard InChI is InChI=1S/C24H25ClFN3O5/c1-11(2)33-22-18-16(6-12(3)19(22)25)32-10-14-7-15(9-29(14)24(18)31)34-23-20(26)21-13(8-27-23)4-5-17(30)28-21/h6,8,11,14-15H,4-5,7,9-10H2,1-3H3,(H,28,30)/t14-,15+/m1/s1. The molecule has 1 fully saturated rings. The Labute approximate surface area is 201 Å². The Hall–Kier alpha value is -3.07. The van der Waals surface area contributed by atoms with E-state index in [2.05, 4.69) is 10.3 Å². The van der Waals surface area contributed by atoms with Gasteiger partial charge in [-0.15, -0.1) is 0 Å². The number of hydrogen-bond acceptors (Lipinski definition) is 6. The maximum atomic E-state index is 15.0. The topological polar surface area (TPSA) is 90.0 Å². The highest BCUT2D eigenvalue weighted by molar-refractivity contribution is 6.33. The minimum atomic E-state index is -0.699. The number of fused-ring (bicyclic) bond motifs is 3. The van der Waals surface area contributed by atoms with E-state index in [4.69, 9.17) is 25.8 Å². The Bertz CT molecular complexity index is 1190. The molecule has 0 aliphatic carbocycles. The molecular weight excluding hydrogens is 465 g/mol. The molecule has 2 atom stereocenters. The van der Waals surface area contributed by atoms with Crippen molar-refractivity contribution in [3.05, 3.63) is 39.8 Å². The molecule has 0 unspecified atom stereocenters. The molecule has 1 N–H and O–H groups in total. The number of anilines is 1. The molecule has 3 aliphatic heterocycles. The lowest BCUT2D eigenvalue weighted by Gasteiger charge is -2.22. The Morgan fingerprint density at radius 1 is 1.32 bits per heavy atom. The van der Waals surface area contributed by atoms with Crippen LogP contribution in [0.4, 0.5) is 10.1 Å². The average Bonchev–Trinajstić information content (AvgIpc) is 3.14. The zero-order chi connectivity index (χ0) is 24.1. The Morgan fingerprint density at radius 3 is 2.88 bits per heavy atom. The van der Waals surface area contributed by atoms with E-state index >= 15 is 4.39 Å². The van der Waals surface area contributed by atoms with Crippen molar-refractivity contribution in [2.24, 2.45) is 0 Å². The summed E-state index contributed by atoms with van der Waals surface area (Å²) in [5, 5.41) is 2.93. The molecule has 5 rings (SSSR count). The molecule has 0 spiro atoms. The van der Waals surface area contributed by atoms with E-state index in [0.29, 0.717) is 41.3 Å². The predicted octanol–water partition coefficient (Wildman–Crippen LogP) is 3.91. The van der Waals surface area contributed by atoms with Crippen LogP contribution in [0.2, 0.25) is 5.02 Å². The van der Waals surface area contributed by atoms with Crippen LogP contribution in [0.25, 0.3) is 0 Å². The molecular formula is C24H25ClFN3O5. The summed E-state index contributed by atoms with van der Waals surface area (Å²) >= 11 is 6.50. The molecule has 1 saturated heterocycles. The number of benzene rings is 1. The molecule has 1 aromatic carbocycles. The zero-order valence-corrected chi connectivity index (χ0v) is 19.9. The lowest BCUT2D eigenvalue weighted by Crippen LogP contribution is -2.37. The van der Waals surface area contributed by atoms with Crippen molar-refractivity contribution in [1.82, 2.24) is 9.88 Å². The Kier molecular flexibility index (Phi) is 5.75. The molecule has 34 heavy (non-hydrogen) atoms. The number of amides is 2. The first kappa shape index (κ1) is 22.7. The molecule has 2 aromatic rings. The number of carbonyl (C=O) groups is 2. The molecule has 3 aliphatic rings. The number of ether oxygens (including phenoxy) is 3. The van der Waals surface area contributed by atoms with Gasteiger partial charge in [0.05, 0.1) is 29.4 Å². The Balaban J connectivity index is 1.40. The summed E-state index contributed by atoms with van der Waals surface area (Å²) < 4.78 is 32.8. The second-order valence-corrected chi connectivity index (χ2v) is 9.48. The smallest absolute Gasteiger partial charge is 0.261 e. The second-order valence-electron chi connectivity index (χ2n) is 9.10. The van der Waals surface area contributed by atoms with Crippen molar-refractivity contribution >= 4 is 29.1 Å². The summed E-state index contributed by atoms with van der Waals surface area (Å²) in [5.74, 6) is -0.664. The van der Waals surface area contributed by atoms with Crippen LogP contribution in [-0.4, -0.2) is 53.1 Å². The largest absolute Gasteiger partial charge is 0.490 e. The fraction of sp³-hybridized carbons (Fsp3) is 0.458. The summed E-state index contributed by atoms with van der Waals surface area (Å²) in [6.07, 6.45) is 2.00. The summed E-state index contributed by atoms with van der Waals surface area (Å²) in [5.41, 5.74) is 1.79. The third kappa shape index (κ3) is 3.91. The highest BCUT2D eigenvalue weighted by Gasteiger charge is 2.42. The number of aromatic nitrogens is 1. The van der Waals surface area contributed by atoms with Crippen molar-refractivity contribution in [3.8, 4) is 17.4 Å². The van der Waals surface area contributed by atoms with Gasteiger partial charge < -0.3 is 24.4 Å². The van der Waals surface area contributed by atoms with Gasteiger partial charge in [-0.1, -0.05) is 11.6 Å². The minimum Gasteiger partial charge on any atom is -0.490 e. The summed E-state index contributed by atoms with van der Waals surface area (Å²) in [4.78, 5) is 31.1. The fourth-order valence-electron chi connectivity index (χ4n) is 4.61. The van der Waals surface area contributed by atoms with Crippen molar-refractivity contribution < 1.29 is 28.2 Å². The molecule has 10 heteroatoms. The van der Waals surface area contributed by atoms with E-state index in [-0.39, 0.29) is 54.2 Å². The average molecular weight is 490 g/mol. The lowest BCUT2D eigenvalue weighted by atomic mass is 10.1. The van der Waals surface area contributed by atoms with Crippen LogP contribution >= 0.6 is 11.6 Å². The van der Waals surface area contributed by atoms with Crippen LogP contribution in [0.5, 0.6) is 17.4 Å². The molecule has 4 heterocycles. The van der Waals surface area contributed by atoms with Crippen LogP contribution in [-0.2, 0) is 11.2 Å². The molecule has 180 valence electrons. The second kappa shape index (κ2) is 8.61. The maximum absolute atomic E-state index is 15.0. The summed E-state index contributed by atoms with van der Waals surface area (Å²) in [7, 11) is 0. The molecule has 0 radical (unpaired) electrons. The van der Waals surface area contributed by atoms with E-state index in [1.807, 2.05) is 20.8 Å². The highest BCUT2D eigenvalue weighted by atomic mass is 35.5. The summed E-state index contributed by atoms with van der Waals surface area (Å²) in [6.45, 7) is 6.04. The normalized spacial score (nSPS) is 21.3.